The Morgan fingerprint density at radius 2 is 1.77 bits per heavy atom. The van der Waals surface area contributed by atoms with Gasteiger partial charge in [0.25, 0.3) is 0 Å². The van der Waals surface area contributed by atoms with Crippen LogP contribution in [0.4, 0.5) is 11.4 Å². The average molecular weight is 471 g/mol. The second-order valence-corrected chi connectivity index (χ2v) is 8.64. The first kappa shape index (κ1) is 25.7. The van der Waals surface area contributed by atoms with Crippen molar-refractivity contribution in [3.8, 4) is 0 Å². The molecule has 3 rings (SSSR count). The molecule has 6 heteroatoms. The van der Waals surface area contributed by atoms with E-state index in [-0.39, 0.29) is 18.3 Å². The number of nitrogens with two attached hydrogens (primary N) is 1. The van der Waals surface area contributed by atoms with Gasteiger partial charge in [-0.1, -0.05) is 80.6 Å². The quantitative estimate of drug-likeness (QED) is 0.145. The molecular formula is C29H34N4O2. The topological polar surface area (TPSA) is 91.4 Å². The van der Waals surface area contributed by atoms with Gasteiger partial charge in [-0.2, -0.15) is 0 Å². The van der Waals surface area contributed by atoms with E-state index in [0.717, 1.165) is 16.9 Å². The standard InChI is InChI=1S/C29H34N4O2/c1-22(2)24-13-15-26(16-14-24)32-28(34)20-33(27-12-8-11-25(19-27)29(30)31)17-6-7-18-35-21-23-9-4-3-5-10-23/h3-16,19,22H,17-18,20-21H2,1-2H3,(H3,30,31)(H,32,34)/b7-6+. The first-order chi connectivity index (χ1) is 16.9. The molecular weight excluding hydrogens is 436 g/mol. The van der Waals surface area contributed by atoms with Gasteiger partial charge >= 0.3 is 0 Å². The second-order valence-electron chi connectivity index (χ2n) is 8.64. The summed E-state index contributed by atoms with van der Waals surface area (Å²) < 4.78 is 5.71. The third kappa shape index (κ3) is 8.43. The number of amidine groups is 1. The van der Waals surface area contributed by atoms with Gasteiger partial charge in [0.2, 0.25) is 5.91 Å². The molecule has 0 aliphatic rings. The van der Waals surface area contributed by atoms with Crippen LogP contribution in [0.2, 0.25) is 0 Å². The Kier molecular flexibility index (Phi) is 9.63. The van der Waals surface area contributed by atoms with Crippen molar-refractivity contribution in [3.05, 3.63) is 108 Å². The molecule has 6 nitrogen and oxygen atoms in total. The normalized spacial score (nSPS) is 11.1. The lowest BCUT2D eigenvalue weighted by Crippen LogP contribution is -2.33. The lowest BCUT2D eigenvalue weighted by molar-refractivity contribution is -0.115. The SMILES string of the molecule is CC(C)c1ccc(NC(=O)CN(C/C=C/COCc2ccccc2)c2cccc(C(=N)N)c2)cc1. The number of hydrogen-bond donors (Lipinski definition) is 3. The van der Waals surface area contributed by atoms with Gasteiger partial charge in [0.05, 0.1) is 19.8 Å². The highest BCUT2D eigenvalue weighted by atomic mass is 16.5. The van der Waals surface area contributed by atoms with Crippen LogP contribution in [-0.4, -0.2) is 31.4 Å². The zero-order valence-electron chi connectivity index (χ0n) is 20.4. The highest BCUT2D eigenvalue weighted by Gasteiger charge is 2.12. The Labute approximate surface area is 207 Å². The predicted octanol–water partition coefficient (Wildman–Crippen LogP) is 5.31. The summed E-state index contributed by atoms with van der Waals surface area (Å²) in [7, 11) is 0. The number of carbonyl (C=O) groups excluding carboxylic acids is 1. The number of nitrogens with zero attached hydrogens (tertiary/aromatic N) is 1. The molecule has 0 saturated heterocycles. The summed E-state index contributed by atoms with van der Waals surface area (Å²) >= 11 is 0. The minimum Gasteiger partial charge on any atom is -0.384 e. The molecule has 0 fully saturated rings. The molecule has 0 atom stereocenters. The Bertz CT molecular complexity index is 1120. The number of carbonyl (C=O) groups is 1. The van der Waals surface area contributed by atoms with Gasteiger partial charge in [0.1, 0.15) is 5.84 Å². The fraction of sp³-hybridized carbons (Fsp3) is 0.241. The summed E-state index contributed by atoms with van der Waals surface area (Å²) in [5, 5.41) is 10.7. The van der Waals surface area contributed by atoms with E-state index in [1.807, 2.05) is 89.8 Å². The van der Waals surface area contributed by atoms with Crippen LogP contribution >= 0.6 is 0 Å². The van der Waals surface area contributed by atoms with Crippen LogP contribution in [0.25, 0.3) is 0 Å². The van der Waals surface area contributed by atoms with Gasteiger partial charge in [-0.3, -0.25) is 10.2 Å². The van der Waals surface area contributed by atoms with Crippen molar-refractivity contribution in [2.24, 2.45) is 5.73 Å². The molecule has 35 heavy (non-hydrogen) atoms. The summed E-state index contributed by atoms with van der Waals surface area (Å²) in [5.41, 5.74) is 10.2. The fourth-order valence-electron chi connectivity index (χ4n) is 3.55. The summed E-state index contributed by atoms with van der Waals surface area (Å²) in [6.07, 6.45) is 3.93. The highest BCUT2D eigenvalue weighted by Crippen LogP contribution is 2.19. The Balaban J connectivity index is 1.62. The van der Waals surface area contributed by atoms with Crippen LogP contribution in [-0.2, 0) is 16.1 Å². The highest BCUT2D eigenvalue weighted by molar-refractivity contribution is 5.97. The first-order valence-electron chi connectivity index (χ1n) is 11.8. The molecule has 3 aromatic rings. The van der Waals surface area contributed by atoms with Crippen molar-refractivity contribution in [2.45, 2.75) is 26.4 Å². The van der Waals surface area contributed by atoms with Gasteiger partial charge in [-0.25, -0.2) is 0 Å². The van der Waals surface area contributed by atoms with E-state index in [1.54, 1.807) is 6.07 Å². The van der Waals surface area contributed by atoms with Gasteiger partial charge in [0, 0.05) is 23.5 Å². The molecule has 3 aromatic carbocycles. The van der Waals surface area contributed by atoms with Crippen molar-refractivity contribution >= 4 is 23.1 Å². The number of hydrogen-bond acceptors (Lipinski definition) is 4. The third-order valence-electron chi connectivity index (χ3n) is 5.54. The number of rotatable bonds is 12. The molecule has 0 spiro atoms. The fourth-order valence-corrected chi connectivity index (χ4v) is 3.55. The van der Waals surface area contributed by atoms with Gasteiger partial charge in [-0.15, -0.1) is 0 Å². The summed E-state index contributed by atoms with van der Waals surface area (Å²) in [4.78, 5) is 14.8. The molecule has 0 unspecified atom stereocenters. The molecule has 4 N–H and O–H groups in total. The monoisotopic (exact) mass is 470 g/mol. The molecule has 182 valence electrons. The molecule has 0 radical (unpaired) electrons. The van der Waals surface area contributed by atoms with E-state index >= 15 is 0 Å². The lowest BCUT2D eigenvalue weighted by Gasteiger charge is -2.23. The van der Waals surface area contributed by atoms with Crippen LogP contribution in [0.1, 0.15) is 36.5 Å². The van der Waals surface area contributed by atoms with E-state index in [9.17, 15) is 4.79 Å². The van der Waals surface area contributed by atoms with Gasteiger partial charge in [-0.05, 0) is 41.3 Å². The average Bonchev–Trinajstić information content (AvgIpc) is 2.86. The largest absolute Gasteiger partial charge is 0.384 e. The smallest absolute Gasteiger partial charge is 0.243 e. The predicted molar refractivity (Wildman–Crippen MR) is 144 cm³/mol. The maximum absolute atomic E-state index is 12.9. The number of amides is 1. The Hall–Kier alpha value is -3.90. The molecule has 1 amide bonds. The number of anilines is 2. The minimum atomic E-state index is -0.121. The van der Waals surface area contributed by atoms with E-state index in [1.165, 1.54) is 5.56 Å². The van der Waals surface area contributed by atoms with Crippen molar-refractivity contribution < 1.29 is 9.53 Å². The number of nitrogen functional groups attached to an aromatic ring is 1. The first-order valence-corrected chi connectivity index (χ1v) is 11.8. The zero-order chi connectivity index (χ0) is 25.0. The van der Waals surface area contributed by atoms with Crippen LogP contribution in [0.5, 0.6) is 0 Å². The van der Waals surface area contributed by atoms with Gasteiger partial charge < -0.3 is 20.7 Å². The molecule has 0 aromatic heterocycles. The van der Waals surface area contributed by atoms with Crippen molar-refractivity contribution in [1.82, 2.24) is 0 Å². The summed E-state index contributed by atoms with van der Waals surface area (Å²) in [6, 6.07) is 25.3. The molecule has 0 aliphatic carbocycles. The van der Waals surface area contributed by atoms with E-state index in [2.05, 4.69) is 19.2 Å². The maximum atomic E-state index is 12.9. The molecule has 0 bridgehead atoms. The third-order valence-corrected chi connectivity index (χ3v) is 5.54. The van der Waals surface area contributed by atoms with Crippen molar-refractivity contribution in [2.75, 3.05) is 29.9 Å². The minimum absolute atomic E-state index is 0.00801. The number of benzene rings is 3. The molecule has 0 aliphatic heterocycles. The number of nitrogens with one attached hydrogen (secondary N) is 2. The van der Waals surface area contributed by atoms with E-state index < -0.39 is 0 Å². The lowest BCUT2D eigenvalue weighted by atomic mass is 10.0. The van der Waals surface area contributed by atoms with E-state index in [0.29, 0.717) is 31.2 Å². The number of ether oxygens (including phenoxy) is 1. The van der Waals surface area contributed by atoms with Crippen LogP contribution in [0.3, 0.4) is 0 Å². The van der Waals surface area contributed by atoms with E-state index in [4.69, 9.17) is 15.9 Å². The van der Waals surface area contributed by atoms with Crippen molar-refractivity contribution in [3.63, 3.8) is 0 Å². The Morgan fingerprint density at radius 3 is 2.46 bits per heavy atom. The molecule has 0 saturated carbocycles. The maximum Gasteiger partial charge on any atom is 0.243 e. The second kappa shape index (κ2) is 13.1. The van der Waals surface area contributed by atoms with Crippen LogP contribution in [0, 0.1) is 5.41 Å². The Morgan fingerprint density at radius 1 is 1.03 bits per heavy atom. The molecule has 0 heterocycles. The van der Waals surface area contributed by atoms with Crippen molar-refractivity contribution in [1.29, 1.82) is 5.41 Å². The van der Waals surface area contributed by atoms with Gasteiger partial charge in [0.15, 0.2) is 0 Å². The zero-order valence-corrected chi connectivity index (χ0v) is 20.4. The summed E-state index contributed by atoms with van der Waals surface area (Å²) in [5.74, 6) is 0.308. The van der Waals surface area contributed by atoms with Crippen LogP contribution < -0.4 is 16.0 Å². The van der Waals surface area contributed by atoms with Crippen LogP contribution in [0.15, 0.2) is 91.0 Å². The summed E-state index contributed by atoms with van der Waals surface area (Å²) in [6.45, 7) is 5.97.